The summed E-state index contributed by atoms with van der Waals surface area (Å²) in [6.07, 6.45) is 0.468. The van der Waals surface area contributed by atoms with Gasteiger partial charge in [-0.1, -0.05) is 0 Å². The summed E-state index contributed by atoms with van der Waals surface area (Å²) in [4.78, 5) is 41.3. The second-order valence-corrected chi connectivity index (χ2v) is 6.11. The molecule has 2 atom stereocenters. The van der Waals surface area contributed by atoms with Crippen LogP contribution in [0.1, 0.15) is 31.2 Å². The lowest BCUT2D eigenvalue weighted by atomic mass is 9.92. The highest BCUT2D eigenvalue weighted by Gasteiger charge is 2.25. The first-order valence-electron chi connectivity index (χ1n) is 8.09. The van der Waals surface area contributed by atoms with Gasteiger partial charge in [-0.25, -0.2) is 4.79 Å². The molecular formula is C15H21N5O6. The second-order valence-electron chi connectivity index (χ2n) is 6.11. The molecule has 11 nitrogen and oxygen atoms in total. The Morgan fingerprint density at radius 1 is 1.27 bits per heavy atom. The van der Waals surface area contributed by atoms with Gasteiger partial charge in [0.2, 0.25) is 17.7 Å². The highest BCUT2D eigenvalue weighted by Crippen LogP contribution is 2.31. The summed E-state index contributed by atoms with van der Waals surface area (Å²) >= 11 is 0. The molecule has 26 heavy (non-hydrogen) atoms. The Hall–Kier alpha value is -3.11. The minimum Gasteiger partial charge on any atom is -0.493 e. The number of nitrogens with zero attached hydrogens (tertiary/aromatic N) is 2. The first kappa shape index (κ1) is 19.2. The molecule has 0 aromatic carbocycles. The molecule has 0 aliphatic carbocycles. The van der Waals surface area contributed by atoms with E-state index in [0.717, 1.165) is 0 Å². The summed E-state index contributed by atoms with van der Waals surface area (Å²) < 4.78 is 0. The van der Waals surface area contributed by atoms with Crippen molar-refractivity contribution in [2.45, 2.75) is 38.1 Å². The van der Waals surface area contributed by atoms with Crippen LogP contribution in [0.5, 0.6) is 5.88 Å². The fraction of sp³-hybridized carbons (Fsp3) is 0.533. The van der Waals surface area contributed by atoms with E-state index in [-0.39, 0.29) is 37.0 Å². The molecule has 142 valence electrons. The molecule has 0 saturated heterocycles. The normalized spacial score (nSPS) is 16.8. The number of anilines is 2. The Bertz CT molecular complexity index is 710. The molecule has 1 amide bonds. The molecule has 0 fully saturated rings. The van der Waals surface area contributed by atoms with E-state index >= 15 is 0 Å². The van der Waals surface area contributed by atoms with Crippen LogP contribution in [-0.2, 0) is 20.8 Å². The van der Waals surface area contributed by atoms with Crippen molar-refractivity contribution in [3.63, 3.8) is 0 Å². The van der Waals surface area contributed by atoms with E-state index in [0.29, 0.717) is 30.8 Å². The third-order valence-electron chi connectivity index (χ3n) is 4.11. The van der Waals surface area contributed by atoms with Crippen LogP contribution in [0.3, 0.4) is 0 Å². The Balaban J connectivity index is 1.85. The predicted octanol–water partition coefficient (Wildman–Crippen LogP) is -0.437. The van der Waals surface area contributed by atoms with E-state index < -0.39 is 23.9 Å². The maximum Gasteiger partial charge on any atom is 0.326 e. The molecule has 0 spiro atoms. The largest absolute Gasteiger partial charge is 0.493 e. The maximum absolute atomic E-state index is 12.0. The molecule has 0 bridgehead atoms. The number of nitrogens with two attached hydrogens (primary N) is 1. The zero-order valence-corrected chi connectivity index (χ0v) is 13.9. The van der Waals surface area contributed by atoms with E-state index in [4.69, 9.17) is 15.9 Å². The number of amides is 1. The van der Waals surface area contributed by atoms with Crippen molar-refractivity contribution in [2.24, 2.45) is 5.92 Å². The number of nitrogens with one attached hydrogen (secondary N) is 2. The smallest absolute Gasteiger partial charge is 0.326 e. The van der Waals surface area contributed by atoms with Gasteiger partial charge in [-0.05, 0) is 25.2 Å². The summed E-state index contributed by atoms with van der Waals surface area (Å²) in [7, 11) is 0. The van der Waals surface area contributed by atoms with Crippen molar-refractivity contribution < 1.29 is 29.7 Å². The SMILES string of the molecule is Nc1nc(O)c2c(n1)NCC(CCC(=O)N[C@@H](CCC(=O)O)C(=O)O)C2. The second kappa shape index (κ2) is 8.32. The van der Waals surface area contributed by atoms with E-state index in [9.17, 15) is 19.5 Å². The number of aliphatic carboxylic acids is 2. The highest BCUT2D eigenvalue weighted by atomic mass is 16.4. The number of carboxylic acids is 2. The number of nitrogen functional groups attached to an aromatic ring is 1. The molecule has 2 heterocycles. The lowest BCUT2D eigenvalue weighted by Gasteiger charge is -2.25. The molecule has 0 radical (unpaired) electrons. The number of fused-ring (bicyclic) bond motifs is 1. The third-order valence-corrected chi connectivity index (χ3v) is 4.11. The fourth-order valence-corrected chi connectivity index (χ4v) is 2.76. The van der Waals surface area contributed by atoms with Crippen molar-refractivity contribution in [2.75, 3.05) is 17.6 Å². The molecule has 1 unspecified atom stereocenters. The molecule has 1 aromatic heterocycles. The van der Waals surface area contributed by atoms with Gasteiger partial charge in [0, 0.05) is 19.4 Å². The van der Waals surface area contributed by atoms with Crippen molar-refractivity contribution in [3.8, 4) is 5.88 Å². The van der Waals surface area contributed by atoms with Crippen LogP contribution in [0.2, 0.25) is 0 Å². The lowest BCUT2D eigenvalue weighted by molar-refractivity contribution is -0.143. The molecule has 1 aliphatic heterocycles. The first-order valence-corrected chi connectivity index (χ1v) is 8.09. The van der Waals surface area contributed by atoms with Crippen LogP contribution < -0.4 is 16.4 Å². The summed E-state index contributed by atoms with van der Waals surface area (Å²) in [5.74, 6) is -2.61. The average molecular weight is 367 g/mol. The van der Waals surface area contributed by atoms with Gasteiger partial charge >= 0.3 is 11.9 Å². The Kier molecular flexibility index (Phi) is 6.15. The summed E-state index contributed by atoms with van der Waals surface area (Å²) in [5, 5.41) is 32.9. The molecule has 0 saturated carbocycles. The highest BCUT2D eigenvalue weighted by molar-refractivity contribution is 5.83. The van der Waals surface area contributed by atoms with E-state index in [2.05, 4.69) is 20.6 Å². The van der Waals surface area contributed by atoms with Crippen LogP contribution >= 0.6 is 0 Å². The Labute approximate surface area is 148 Å². The number of carbonyl (C=O) groups is 3. The zero-order valence-electron chi connectivity index (χ0n) is 13.9. The average Bonchev–Trinajstić information content (AvgIpc) is 2.56. The fourth-order valence-electron chi connectivity index (χ4n) is 2.76. The number of hydrogen-bond acceptors (Lipinski definition) is 8. The Morgan fingerprint density at radius 2 is 2.00 bits per heavy atom. The summed E-state index contributed by atoms with van der Waals surface area (Å²) in [6, 6.07) is -1.23. The van der Waals surface area contributed by atoms with Crippen LogP contribution in [-0.4, -0.2) is 55.7 Å². The molecular weight excluding hydrogens is 346 g/mol. The maximum atomic E-state index is 12.0. The summed E-state index contributed by atoms with van der Waals surface area (Å²) in [5.41, 5.74) is 6.00. The van der Waals surface area contributed by atoms with Crippen molar-refractivity contribution in [1.82, 2.24) is 15.3 Å². The third kappa shape index (κ3) is 5.19. The van der Waals surface area contributed by atoms with Crippen molar-refractivity contribution in [1.29, 1.82) is 0 Å². The quantitative estimate of drug-likeness (QED) is 0.351. The van der Waals surface area contributed by atoms with Gasteiger partial charge in [0.25, 0.3) is 0 Å². The van der Waals surface area contributed by atoms with Gasteiger partial charge < -0.3 is 31.7 Å². The molecule has 1 aromatic rings. The number of aromatic hydroxyl groups is 1. The molecule has 7 N–H and O–H groups in total. The van der Waals surface area contributed by atoms with Gasteiger partial charge in [0.15, 0.2) is 0 Å². The molecule has 2 rings (SSSR count). The summed E-state index contributed by atoms with van der Waals surface area (Å²) in [6.45, 7) is 0.525. The monoisotopic (exact) mass is 367 g/mol. The van der Waals surface area contributed by atoms with Crippen molar-refractivity contribution >= 4 is 29.6 Å². The van der Waals surface area contributed by atoms with Crippen LogP contribution in [0, 0.1) is 5.92 Å². The van der Waals surface area contributed by atoms with Crippen LogP contribution in [0.25, 0.3) is 0 Å². The number of rotatable bonds is 8. The van der Waals surface area contributed by atoms with Gasteiger partial charge in [-0.3, -0.25) is 9.59 Å². The number of hydrogen-bond donors (Lipinski definition) is 6. The van der Waals surface area contributed by atoms with Gasteiger partial charge in [0.1, 0.15) is 11.9 Å². The number of carbonyl (C=O) groups excluding carboxylic acids is 1. The van der Waals surface area contributed by atoms with Crippen molar-refractivity contribution in [3.05, 3.63) is 5.56 Å². The minimum absolute atomic E-state index is 0.0219. The minimum atomic E-state index is -1.27. The molecule has 11 heteroatoms. The molecule has 1 aliphatic rings. The van der Waals surface area contributed by atoms with Gasteiger partial charge in [-0.15, -0.1) is 0 Å². The lowest BCUT2D eigenvalue weighted by Crippen LogP contribution is -2.41. The standard InChI is InChI=1S/C15H21N5O6/c16-15-19-12-8(13(24)20-15)5-7(6-17-12)1-3-10(21)18-9(14(25)26)2-4-11(22)23/h7,9H,1-6H2,(H,18,21)(H,22,23)(H,25,26)(H4,16,17,19,20,24)/t7?,9-/m0/s1. The first-order chi connectivity index (χ1) is 12.3. The van der Waals surface area contributed by atoms with E-state index in [1.165, 1.54) is 0 Å². The Morgan fingerprint density at radius 3 is 2.65 bits per heavy atom. The number of aromatic nitrogens is 2. The topological polar surface area (TPSA) is 188 Å². The predicted molar refractivity (Wildman–Crippen MR) is 89.5 cm³/mol. The zero-order chi connectivity index (χ0) is 19.3. The van der Waals surface area contributed by atoms with Crippen LogP contribution in [0.4, 0.5) is 11.8 Å². The van der Waals surface area contributed by atoms with Gasteiger partial charge in [0.05, 0.1) is 5.56 Å². The van der Waals surface area contributed by atoms with Gasteiger partial charge in [-0.2, -0.15) is 9.97 Å². The van der Waals surface area contributed by atoms with E-state index in [1.807, 2.05) is 0 Å². The van der Waals surface area contributed by atoms with E-state index in [1.54, 1.807) is 0 Å². The van der Waals surface area contributed by atoms with Crippen LogP contribution in [0.15, 0.2) is 0 Å². The number of carboxylic acid groups (broad SMARTS) is 2.